The number of halogens is 2. The Bertz CT molecular complexity index is 597. The van der Waals surface area contributed by atoms with Crippen LogP contribution in [-0.2, 0) is 11.2 Å². The molecule has 2 atom stereocenters. The molecule has 3 aliphatic rings. The van der Waals surface area contributed by atoms with Crippen molar-refractivity contribution in [2.24, 2.45) is 0 Å². The summed E-state index contributed by atoms with van der Waals surface area (Å²) in [5, 5.41) is 7.82. The molecule has 2 heterocycles. The quantitative estimate of drug-likeness (QED) is 0.800. The predicted octanol–water partition coefficient (Wildman–Crippen LogP) is 3.65. The number of fused-ring (bicyclic) bond motifs is 1. The molecule has 2 aliphatic heterocycles. The predicted molar refractivity (Wildman–Crippen MR) is 108 cm³/mol. The maximum atomic E-state index is 12.6. The molecular formula is C20H29Cl2N3O. The van der Waals surface area contributed by atoms with Gasteiger partial charge in [0.2, 0.25) is 5.91 Å². The average molecular weight is 398 g/mol. The van der Waals surface area contributed by atoms with Gasteiger partial charge in [0.15, 0.2) is 0 Å². The van der Waals surface area contributed by atoms with Gasteiger partial charge >= 0.3 is 0 Å². The van der Waals surface area contributed by atoms with Gasteiger partial charge in [0.05, 0.1) is 16.5 Å². The van der Waals surface area contributed by atoms with Crippen LogP contribution in [0.15, 0.2) is 18.2 Å². The van der Waals surface area contributed by atoms with E-state index in [1.807, 2.05) is 6.07 Å². The number of nitrogens with one attached hydrogen (secondary N) is 2. The Morgan fingerprint density at radius 3 is 2.50 bits per heavy atom. The molecule has 0 spiro atoms. The Kier molecular flexibility index (Phi) is 7.62. The van der Waals surface area contributed by atoms with E-state index in [2.05, 4.69) is 15.5 Å². The van der Waals surface area contributed by atoms with Crippen LogP contribution in [0.2, 0.25) is 10.0 Å². The van der Waals surface area contributed by atoms with E-state index in [4.69, 9.17) is 23.2 Å². The summed E-state index contributed by atoms with van der Waals surface area (Å²) in [7, 11) is 0. The molecule has 0 bridgehead atoms. The van der Waals surface area contributed by atoms with Crippen molar-refractivity contribution in [3.8, 4) is 0 Å². The topological polar surface area (TPSA) is 44.4 Å². The van der Waals surface area contributed by atoms with Crippen molar-refractivity contribution in [2.75, 3.05) is 26.2 Å². The van der Waals surface area contributed by atoms with Gasteiger partial charge in [-0.25, -0.2) is 0 Å². The van der Waals surface area contributed by atoms with Gasteiger partial charge in [-0.2, -0.15) is 0 Å². The first kappa shape index (κ1) is 19.9. The largest absolute Gasteiger partial charge is 0.337 e. The fourth-order valence-corrected chi connectivity index (χ4v) is 4.44. The summed E-state index contributed by atoms with van der Waals surface area (Å²) < 4.78 is 0. The van der Waals surface area contributed by atoms with Crippen molar-refractivity contribution < 1.29 is 4.79 Å². The second-order valence-electron chi connectivity index (χ2n) is 7.38. The molecule has 4 rings (SSSR count). The van der Waals surface area contributed by atoms with Gasteiger partial charge in [0.1, 0.15) is 0 Å². The maximum absolute atomic E-state index is 12.6. The van der Waals surface area contributed by atoms with E-state index < -0.39 is 0 Å². The fourth-order valence-electron chi connectivity index (χ4n) is 4.12. The second kappa shape index (κ2) is 9.93. The van der Waals surface area contributed by atoms with Gasteiger partial charge in [0, 0.05) is 25.2 Å². The van der Waals surface area contributed by atoms with Crippen LogP contribution in [0.1, 0.15) is 44.1 Å². The molecule has 144 valence electrons. The maximum Gasteiger partial charge on any atom is 0.227 e. The number of hydrogen-bond donors (Lipinski definition) is 2. The van der Waals surface area contributed by atoms with Crippen LogP contribution < -0.4 is 10.6 Å². The number of benzene rings is 1. The summed E-state index contributed by atoms with van der Waals surface area (Å²) in [6.45, 7) is 4.20. The minimum Gasteiger partial charge on any atom is -0.337 e. The van der Waals surface area contributed by atoms with Gasteiger partial charge in [0.25, 0.3) is 0 Å². The first-order valence-electron chi connectivity index (χ1n) is 9.82. The van der Waals surface area contributed by atoms with Crippen molar-refractivity contribution in [3.63, 3.8) is 0 Å². The number of rotatable bonds is 2. The highest BCUT2D eigenvalue weighted by molar-refractivity contribution is 6.42. The van der Waals surface area contributed by atoms with E-state index in [9.17, 15) is 4.79 Å². The summed E-state index contributed by atoms with van der Waals surface area (Å²) in [5.74, 6) is 0.201. The molecule has 6 heteroatoms. The molecule has 1 aliphatic carbocycles. The van der Waals surface area contributed by atoms with Gasteiger partial charge in [-0.05, 0) is 56.5 Å². The molecule has 2 saturated heterocycles. The summed E-state index contributed by atoms with van der Waals surface area (Å²) >= 11 is 11.9. The van der Waals surface area contributed by atoms with Crippen LogP contribution >= 0.6 is 23.2 Å². The highest BCUT2D eigenvalue weighted by atomic mass is 35.5. The lowest BCUT2D eigenvalue weighted by Gasteiger charge is -2.44. The normalized spacial score (nSPS) is 25.2. The molecule has 1 amide bonds. The third-order valence-electron chi connectivity index (χ3n) is 5.51. The van der Waals surface area contributed by atoms with Crippen LogP contribution in [0, 0.1) is 0 Å². The number of carbonyl (C=O) groups is 1. The van der Waals surface area contributed by atoms with E-state index in [1.165, 1.54) is 45.2 Å². The molecule has 2 unspecified atom stereocenters. The lowest BCUT2D eigenvalue weighted by molar-refractivity contribution is -0.135. The number of nitrogens with zero attached hydrogens (tertiary/aromatic N) is 1. The van der Waals surface area contributed by atoms with Gasteiger partial charge in [-0.3, -0.25) is 4.79 Å². The smallest absolute Gasteiger partial charge is 0.227 e. The van der Waals surface area contributed by atoms with Crippen molar-refractivity contribution in [1.29, 1.82) is 0 Å². The number of amides is 1. The molecule has 3 fully saturated rings. The fraction of sp³-hybridized carbons (Fsp3) is 0.650. The van der Waals surface area contributed by atoms with Crippen LogP contribution in [0.5, 0.6) is 0 Å². The first-order valence-corrected chi connectivity index (χ1v) is 10.6. The highest BCUT2D eigenvalue weighted by Gasteiger charge is 2.35. The Hall–Kier alpha value is -0.810. The van der Waals surface area contributed by atoms with Crippen LogP contribution in [0.3, 0.4) is 0 Å². The highest BCUT2D eigenvalue weighted by Crippen LogP contribution is 2.27. The molecule has 1 aromatic rings. The molecule has 0 radical (unpaired) electrons. The van der Waals surface area contributed by atoms with E-state index in [0.29, 0.717) is 28.5 Å². The molecule has 26 heavy (non-hydrogen) atoms. The van der Waals surface area contributed by atoms with E-state index >= 15 is 0 Å². The zero-order valence-corrected chi connectivity index (χ0v) is 16.8. The Labute approximate surface area is 166 Å². The molecule has 1 saturated carbocycles. The molecule has 1 aromatic carbocycles. The van der Waals surface area contributed by atoms with Crippen molar-refractivity contribution in [1.82, 2.24) is 15.5 Å². The van der Waals surface area contributed by atoms with Crippen molar-refractivity contribution >= 4 is 29.1 Å². The van der Waals surface area contributed by atoms with Crippen molar-refractivity contribution in [3.05, 3.63) is 33.8 Å². The molecule has 4 nitrogen and oxygen atoms in total. The molecule has 0 aromatic heterocycles. The Morgan fingerprint density at radius 1 is 1.04 bits per heavy atom. The third kappa shape index (κ3) is 5.35. The van der Waals surface area contributed by atoms with E-state index in [-0.39, 0.29) is 5.91 Å². The summed E-state index contributed by atoms with van der Waals surface area (Å²) in [4.78, 5) is 14.7. The zero-order valence-electron chi connectivity index (χ0n) is 15.3. The Morgan fingerprint density at radius 2 is 1.81 bits per heavy atom. The van der Waals surface area contributed by atoms with E-state index in [1.54, 1.807) is 12.1 Å². The number of hydrogen-bond acceptors (Lipinski definition) is 3. The first-order chi connectivity index (χ1) is 12.6. The third-order valence-corrected chi connectivity index (χ3v) is 6.24. The lowest BCUT2D eigenvalue weighted by atomic mass is 9.87. The summed E-state index contributed by atoms with van der Waals surface area (Å²) in [6.07, 6.45) is 7.97. The van der Waals surface area contributed by atoms with Gasteiger partial charge in [-0.1, -0.05) is 42.1 Å². The number of piperazine rings is 1. The lowest BCUT2D eigenvalue weighted by Crippen LogP contribution is -2.60. The van der Waals surface area contributed by atoms with Crippen molar-refractivity contribution in [2.45, 2.75) is 57.0 Å². The summed E-state index contributed by atoms with van der Waals surface area (Å²) in [6, 6.07) is 6.27. The zero-order chi connectivity index (χ0) is 18.4. The van der Waals surface area contributed by atoms with Crippen LogP contribution in [0.25, 0.3) is 0 Å². The second-order valence-corrected chi connectivity index (χ2v) is 8.20. The SMILES string of the molecule is C1CCNC1.O=C(Cc1ccc(Cl)c(Cl)c1)N1CCNC2CCCCC21. The molecular weight excluding hydrogens is 369 g/mol. The minimum absolute atomic E-state index is 0.201. The monoisotopic (exact) mass is 397 g/mol. The molecule has 2 N–H and O–H groups in total. The standard InChI is InChI=1S/C16H20Cl2N2O.C4H9N/c17-12-6-5-11(9-13(12)18)10-16(21)20-8-7-19-14-3-1-2-4-15(14)20;1-2-4-5-3-1/h5-6,9,14-15,19H,1-4,7-8,10H2;5H,1-4H2. The average Bonchev–Trinajstić information content (AvgIpc) is 3.24. The van der Waals surface area contributed by atoms with E-state index in [0.717, 1.165) is 25.1 Å². The minimum atomic E-state index is 0.201. The number of carbonyl (C=O) groups excluding carboxylic acids is 1. The van der Waals surface area contributed by atoms with Gasteiger partial charge in [-0.15, -0.1) is 0 Å². The van der Waals surface area contributed by atoms with Gasteiger partial charge < -0.3 is 15.5 Å². The summed E-state index contributed by atoms with van der Waals surface area (Å²) in [5.41, 5.74) is 0.931. The van der Waals surface area contributed by atoms with Crippen LogP contribution in [0.4, 0.5) is 0 Å². The Balaban J connectivity index is 0.000000339. The van der Waals surface area contributed by atoms with Crippen LogP contribution in [-0.4, -0.2) is 49.1 Å².